The van der Waals surface area contributed by atoms with E-state index < -0.39 is 10.0 Å². The molecule has 0 saturated carbocycles. The van der Waals surface area contributed by atoms with Crippen LogP contribution in [-0.2, 0) is 27.8 Å². The molecule has 3 rings (SSSR count). The summed E-state index contributed by atoms with van der Waals surface area (Å²) in [6.07, 6.45) is 0.761. The van der Waals surface area contributed by atoms with Crippen LogP contribution in [0.3, 0.4) is 0 Å². The molecule has 31 heavy (non-hydrogen) atoms. The summed E-state index contributed by atoms with van der Waals surface area (Å²) >= 11 is 3.33. The van der Waals surface area contributed by atoms with Crippen molar-refractivity contribution in [2.75, 3.05) is 39.3 Å². The number of piperazine rings is 1. The predicted octanol–water partition coefficient (Wildman–Crippen LogP) is 2.14. The standard InChI is InChI=1S/C20H28BrN5O4S/c1-3-25(4-2)20(27)10-9-19-22-18(23-30-19)15-24-11-13-26(14-12-24)31(28,29)17-7-5-16(21)6-8-17/h5-8H,3-4,9-15H2,1-2H3. The van der Waals surface area contributed by atoms with Crippen molar-refractivity contribution in [3.05, 3.63) is 40.5 Å². The largest absolute Gasteiger partial charge is 0.343 e. The van der Waals surface area contributed by atoms with Crippen molar-refractivity contribution < 1.29 is 17.7 Å². The molecule has 0 radical (unpaired) electrons. The molecule has 1 fully saturated rings. The first-order valence-corrected chi connectivity index (χ1v) is 12.6. The zero-order chi connectivity index (χ0) is 22.4. The first kappa shape index (κ1) is 23.8. The molecular weight excluding hydrogens is 486 g/mol. The van der Waals surface area contributed by atoms with Crippen molar-refractivity contribution in [1.82, 2.24) is 24.2 Å². The lowest BCUT2D eigenvalue weighted by atomic mass is 10.2. The molecule has 2 heterocycles. The summed E-state index contributed by atoms with van der Waals surface area (Å²) in [5.41, 5.74) is 0. The highest BCUT2D eigenvalue weighted by Crippen LogP contribution is 2.20. The maximum Gasteiger partial charge on any atom is 0.243 e. The van der Waals surface area contributed by atoms with Crippen molar-refractivity contribution in [2.24, 2.45) is 0 Å². The molecular formula is C20H28BrN5O4S. The van der Waals surface area contributed by atoms with Gasteiger partial charge in [-0.05, 0) is 38.1 Å². The minimum atomic E-state index is -3.50. The van der Waals surface area contributed by atoms with Gasteiger partial charge in [-0.25, -0.2) is 8.42 Å². The molecule has 0 N–H and O–H groups in total. The van der Waals surface area contributed by atoms with Crippen molar-refractivity contribution in [2.45, 2.75) is 38.1 Å². The number of nitrogens with zero attached hydrogens (tertiary/aromatic N) is 5. The van der Waals surface area contributed by atoms with Gasteiger partial charge < -0.3 is 9.42 Å². The molecule has 2 aromatic rings. The van der Waals surface area contributed by atoms with Crippen LogP contribution < -0.4 is 0 Å². The van der Waals surface area contributed by atoms with Crippen LogP contribution in [0, 0.1) is 0 Å². The monoisotopic (exact) mass is 513 g/mol. The Kier molecular flexibility index (Phi) is 8.20. The number of aromatic nitrogens is 2. The van der Waals surface area contributed by atoms with E-state index in [1.807, 2.05) is 13.8 Å². The Bertz CT molecular complexity index is 968. The summed E-state index contributed by atoms with van der Waals surface area (Å²) in [4.78, 5) is 20.7. The molecule has 1 saturated heterocycles. The number of hydrogen-bond donors (Lipinski definition) is 0. The van der Waals surface area contributed by atoms with Gasteiger partial charge in [-0.2, -0.15) is 9.29 Å². The number of rotatable bonds is 9. The van der Waals surface area contributed by atoms with E-state index in [1.165, 1.54) is 4.31 Å². The van der Waals surface area contributed by atoms with Crippen LogP contribution in [0.5, 0.6) is 0 Å². The average molecular weight is 514 g/mol. The number of benzene rings is 1. The molecule has 0 aliphatic carbocycles. The second-order valence-electron chi connectivity index (χ2n) is 7.30. The average Bonchev–Trinajstić information content (AvgIpc) is 3.21. The molecule has 0 unspecified atom stereocenters. The van der Waals surface area contributed by atoms with Crippen LogP contribution in [0.15, 0.2) is 38.2 Å². The number of carbonyl (C=O) groups is 1. The third kappa shape index (κ3) is 6.12. The van der Waals surface area contributed by atoms with Gasteiger partial charge in [0, 0.05) is 56.6 Å². The SMILES string of the molecule is CCN(CC)C(=O)CCc1nc(CN2CCN(S(=O)(=O)c3ccc(Br)cc3)CC2)no1. The van der Waals surface area contributed by atoms with Crippen molar-refractivity contribution >= 4 is 31.9 Å². The van der Waals surface area contributed by atoms with Crippen LogP contribution in [0.1, 0.15) is 32.0 Å². The van der Waals surface area contributed by atoms with E-state index in [4.69, 9.17) is 4.52 Å². The van der Waals surface area contributed by atoms with Crippen LogP contribution in [-0.4, -0.2) is 77.8 Å². The molecule has 0 spiro atoms. The molecule has 9 nitrogen and oxygen atoms in total. The third-order valence-corrected chi connectivity index (χ3v) is 7.77. The first-order valence-electron chi connectivity index (χ1n) is 10.4. The molecule has 1 aliphatic rings. The second kappa shape index (κ2) is 10.7. The fourth-order valence-electron chi connectivity index (χ4n) is 3.49. The normalized spacial score (nSPS) is 15.8. The number of carbonyl (C=O) groups excluding carboxylic acids is 1. The van der Waals surface area contributed by atoms with Crippen molar-refractivity contribution in [3.8, 4) is 0 Å². The lowest BCUT2D eigenvalue weighted by molar-refractivity contribution is -0.130. The fourth-order valence-corrected chi connectivity index (χ4v) is 5.17. The minimum absolute atomic E-state index is 0.0767. The maximum absolute atomic E-state index is 12.8. The zero-order valence-electron chi connectivity index (χ0n) is 17.8. The van der Waals surface area contributed by atoms with E-state index >= 15 is 0 Å². The summed E-state index contributed by atoms with van der Waals surface area (Å²) in [6, 6.07) is 6.67. The van der Waals surface area contributed by atoms with Gasteiger partial charge in [0.1, 0.15) is 0 Å². The topological polar surface area (TPSA) is 99.9 Å². The molecule has 1 aromatic carbocycles. The Morgan fingerprint density at radius 1 is 1.13 bits per heavy atom. The van der Waals surface area contributed by atoms with E-state index in [-0.39, 0.29) is 5.91 Å². The number of aryl methyl sites for hydroxylation is 1. The number of halogens is 1. The Morgan fingerprint density at radius 3 is 2.39 bits per heavy atom. The molecule has 1 aromatic heterocycles. The molecule has 1 amide bonds. The Hall–Kier alpha value is -1.82. The molecule has 11 heteroatoms. The minimum Gasteiger partial charge on any atom is -0.343 e. The van der Waals surface area contributed by atoms with E-state index in [1.54, 1.807) is 29.2 Å². The van der Waals surface area contributed by atoms with E-state index in [9.17, 15) is 13.2 Å². The first-order chi connectivity index (χ1) is 14.8. The zero-order valence-corrected chi connectivity index (χ0v) is 20.2. The van der Waals surface area contributed by atoms with Gasteiger partial charge >= 0.3 is 0 Å². The third-order valence-electron chi connectivity index (χ3n) is 5.33. The molecule has 1 aliphatic heterocycles. The van der Waals surface area contributed by atoms with Crippen LogP contribution in [0.2, 0.25) is 0 Å². The second-order valence-corrected chi connectivity index (χ2v) is 10.2. The molecule has 0 bridgehead atoms. The van der Waals surface area contributed by atoms with Gasteiger partial charge in [0.25, 0.3) is 0 Å². The summed E-state index contributed by atoms with van der Waals surface area (Å²) in [6.45, 7) is 7.75. The van der Waals surface area contributed by atoms with Crippen molar-refractivity contribution in [1.29, 1.82) is 0 Å². The van der Waals surface area contributed by atoms with Crippen LogP contribution in [0.25, 0.3) is 0 Å². The molecule has 0 atom stereocenters. The summed E-state index contributed by atoms with van der Waals surface area (Å²) in [5, 5.41) is 4.01. The number of amides is 1. The van der Waals surface area contributed by atoms with Gasteiger partial charge in [0.05, 0.1) is 11.4 Å². The van der Waals surface area contributed by atoms with Gasteiger partial charge in [0.2, 0.25) is 21.8 Å². The number of hydrogen-bond acceptors (Lipinski definition) is 7. The Morgan fingerprint density at radius 2 is 1.77 bits per heavy atom. The molecule has 170 valence electrons. The van der Waals surface area contributed by atoms with E-state index in [0.29, 0.717) is 75.3 Å². The Balaban J connectivity index is 1.49. The smallest absolute Gasteiger partial charge is 0.243 e. The maximum atomic E-state index is 12.8. The predicted molar refractivity (Wildman–Crippen MR) is 119 cm³/mol. The van der Waals surface area contributed by atoms with E-state index in [2.05, 4.69) is 31.0 Å². The van der Waals surface area contributed by atoms with Gasteiger partial charge in [0.15, 0.2) is 5.82 Å². The lowest BCUT2D eigenvalue weighted by Gasteiger charge is -2.33. The van der Waals surface area contributed by atoms with Gasteiger partial charge in [-0.15, -0.1) is 0 Å². The van der Waals surface area contributed by atoms with Crippen LogP contribution >= 0.6 is 15.9 Å². The number of sulfonamides is 1. The van der Waals surface area contributed by atoms with E-state index in [0.717, 1.165) is 4.47 Å². The summed E-state index contributed by atoms with van der Waals surface area (Å²) in [5.74, 6) is 1.08. The van der Waals surface area contributed by atoms with Gasteiger partial charge in [-0.1, -0.05) is 21.1 Å². The van der Waals surface area contributed by atoms with Crippen LogP contribution in [0.4, 0.5) is 0 Å². The van der Waals surface area contributed by atoms with Gasteiger partial charge in [-0.3, -0.25) is 9.69 Å². The summed E-state index contributed by atoms with van der Waals surface area (Å²) in [7, 11) is -3.50. The fraction of sp³-hybridized carbons (Fsp3) is 0.550. The quantitative estimate of drug-likeness (QED) is 0.506. The summed E-state index contributed by atoms with van der Waals surface area (Å²) < 4.78 is 33.2. The highest BCUT2D eigenvalue weighted by atomic mass is 79.9. The highest BCUT2D eigenvalue weighted by molar-refractivity contribution is 9.10. The Labute approximate surface area is 191 Å². The highest BCUT2D eigenvalue weighted by Gasteiger charge is 2.29. The van der Waals surface area contributed by atoms with Crippen molar-refractivity contribution in [3.63, 3.8) is 0 Å². The lowest BCUT2D eigenvalue weighted by Crippen LogP contribution is -2.48.